The number of carbonyl (C=O) groups excluding carboxylic acids is 1. The third-order valence-corrected chi connectivity index (χ3v) is 3.28. The molecule has 1 heterocycles. The van der Waals surface area contributed by atoms with Gasteiger partial charge >= 0.3 is 0 Å². The molecule has 0 spiro atoms. The number of ketones is 1. The van der Waals surface area contributed by atoms with Crippen molar-refractivity contribution in [2.24, 2.45) is 0 Å². The van der Waals surface area contributed by atoms with Crippen molar-refractivity contribution in [3.63, 3.8) is 0 Å². The molecular formula is C14H24N2O2. The van der Waals surface area contributed by atoms with Crippen molar-refractivity contribution < 1.29 is 9.53 Å². The van der Waals surface area contributed by atoms with Gasteiger partial charge in [-0.1, -0.05) is 6.92 Å². The van der Waals surface area contributed by atoms with Crippen LogP contribution in [-0.4, -0.2) is 28.3 Å². The first-order valence-electron chi connectivity index (χ1n) is 6.58. The Labute approximate surface area is 109 Å². The SMILES string of the molecule is CCc1cc(C(=O)CCC(C)(C)OC)n(CC)n1. The minimum atomic E-state index is -0.250. The number of hydrogen-bond donors (Lipinski definition) is 0. The molecule has 0 fully saturated rings. The number of nitrogens with zero attached hydrogens (tertiary/aromatic N) is 2. The average Bonchev–Trinajstić information content (AvgIpc) is 2.79. The second-order valence-corrected chi connectivity index (χ2v) is 5.08. The van der Waals surface area contributed by atoms with E-state index in [1.807, 2.05) is 33.8 Å². The molecule has 0 N–H and O–H groups in total. The Kier molecular flexibility index (Phi) is 5.08. The van der Waals surface area contributed by atoms with Crippen LogP contribution < -0.4 is 0 Å². The number of rotatable bonds is 7. The third-order valence-electron chi connectivity index (χ3n) is 3.28. The van der Waals surface area contributed by atoms with Crippen molar-refractivity contribution in [3.8, 4) is 0 Å². The fraction of sp³-hybridized carbons (Fsp3) is 0.714. The summed E-state index contributed by atoms with van der Waals surface area (Å²) in [4.78, 5) is 12.2. The highest BCUT2D eigenvalue weighted by molar-refractivity contribution is 5.94. The van der Waals surface area contributed by atoms with Gasteiger partial charge < -0.3 is 4.74 Å². The van der Waals surface area contributed by atoms with E-state index in [9.17, 15) is 4.79 Å². The molecule has 0 saturated heterocycles. The highest BCUT2D eigenvalue weighted by atomic mass is 16.5. The van der Waals surface area contributed by atoms with E-state index in [2.05, 4.69) is 5.10 Å². The lowest BCUT2D eigenvalue weighted by atomic mass is 9.99. The van der Waals surface area contributed by atoms with Crippen LogP contribution in [0.15, 0.2) is 6.07 Å². The molecule has 1 aromatic heterocycles. The summed E-state index contributed by atoms with van der Waals surface area (Å²) in [5, 5.41) is 4.40. The van der Waals surface area contributed by atoms with Crippen molar-refractivity contribution in [1.82, 2.24) is 9.78 Å². The average molecular weight is 252 g/mol. The molecule has 0 bridgehead atoms. The molecule has 0 aliphatic heterocycles. The summed E-state index contributed by atoms with van der Waals surface area (Å²) in [6.07, 6.45) is 2.07. The zero-order valence-corrected chi connectivity index (χ0v) is 12.1. The van der Waals surface area contributed by atoms with Crippen molar-refractivity contribution >= 4 is 5.78 Å². The van der Waals surface area contributed by atoms with E-state index in [0.717, 1.165) is 30.8 Å². The zero-order chi connectivity index (χ0) is 13.8. The van der Waals surface area contributed by atoms with Crippen molar-refractivity contribution in [2.45, 2.75) is 59.1 Å². The topological polar surface area (TPSA) is 44.1 Å². The quantitative estimate of drug-likeness (QED) is 0.701. The van der Waals surface area contributed by atoms with Crippen molar-refractivity contribution in [3.05, 3.63) is 17.5 Å². The molecule has 1 rings (SSSR count). The summed E-state index contributed by atoms with van der Waals surface area (Å²) in [6.45, 7) is 8.77. The maximum atomic E-state index is 12.2. The number of aryl methyl sites for hydroxylation is 2. The lowest BCUT2D eigenvalue weighted by Gasteiger charge is -2.22. The van der Waals surface area contributed by atoms with E-state index in [1.54, 1.807) is 11.8 Å². The van der Waals surface area contributed by atoms with Crippen LogP contribution in [-0.2, 0) is 17.7 Å². The number of hydrogen-bond acceptors (Lipinski definition) is 3. The Morgan fingerprint density at radius 3 is 2.61 bits per heavy atom. The Morgan fingerprint density at radius 1 is 1.44 bits per heavy atom. The number of aromatic nitrogens is 2. The van der Waals surface area contributed by atoms with Gasteiger partial charge in [-0.15, -0.1) is 0 Å². The van der Waals surface area contributed by atoms with E-state index < -0.39 is 0 Å². The van der Waals surface area contributed by atoms with Crippen LogP contribution in [0.1, 0.15) is 56.7 Å². The second kappa shape index (κ2) is 6.14. The first-order chi connectivity index (χ1) is 8.43. The highest BCUT2D eigenvalue weighted by Gasteiger charge is 2.20. The van der Waals surface area contributed by atoms with Crippen LogP contribution in [0, 0.1) is 0 Å². The van der Waals surface area contributed by atoms with Crippen molar-refractivity contribution in [1.29, 1.82) is 0 Å². The number of carbonyl (C=O) groups is 1. The minimum absolute atomic E-state index is 0.147. The lowest BCUT2D eigenvalue weighted by molar-refractivity contribution is 0.0141. The number of ether oxygens (including phenoxy) is 1. The van der Waals surface area contributed by atoms with Gasteiger partial charge in [0, 0.05) is 20.1 Å². The molecular weight excluding hydrogens is 228 g/mol. The van der Waals surface area contributed by atoms with Gasteiger partial charge in [-0.2, -0.15) is 5.10 Å². The molecule has 0 unspecified atom stereocenters. The predicted molar refractivity (Wildman–Crippen MR) is 71.9 cm³/mol. The number of Topliss-reactive ketones (excluding diaryl/α,β-unsaturated/α-hetero) is 1. The maximum Gasteiger partial charge on any atom is 0.180 e. The molecule has 0 aliphatic rings. The minimum Gasteiger partial charge on any atom is -0.379 e. The largest absolute Gasteiger partial charge is 0.379 e. The Morgan fingerprint density at radius 2 is 2.11 bits per heavy atom. The van der Waals surface area contributed by atoms with Gasteiger partial charge in [0.25, 0.3) is 0 Å². The van der Waals surface area contributed by atoms with Crippen LogP contribution in [0.3, 0.4) is 0 Å². The summed E-state index contributed by atoms with van der Waals surface area (Å²) in [5.41, 5.74) is 1.45. The summed E-state index contributed by atoms with van der Waals surface area (Å²) in [7, 11) is 1.68. The second-order valence-electron chi connectivity index (χ2n) is 5.08. The van der Waals surface area contributed by atoms with E-state index >= 15 is 0 Å². The first-order valence-corrected chi connectivity index (χ1v) is 6.58. The zero-order valence-electron chi connectivity index (χ0n) is 12.1. The maximum absolute atomic E-state index is 12.2. The lowest BCUT2D eigenvalue weighted by Crippen LogP contribution is -2.24. The monoisotopic (exact) mass is 252 g/mol. The first kappa shape index (κ1) is 14.9. The molecule has 4 nitrogen and oxygen atoms in total. The Balaban J connectivity index is 2.75. The van der Waals surface area contributed by atoms with Gasteiger partial charge in [-0.3, -0.25) is 9.48 Å². The van der Waals surface area contributed by atoms with Crippen LogP contribution in [0.4, 0.5) is 0 Å². The van der Waals surface area contributed by atoms with Gasteiger partial charge in [-0.25, -0.2) is 0 Å². The van der Waals surface area contributed by atoms with Gasteiger partial charge in [-0.05, 0) is 39.7 Å². The van der Waals surface area contributed by atoms with Gasteiger partial charge in [0.2, 0.25) is 0 Å². The van der Waals surface area contributed by atoms with Crippen LogP contribution >= 0.6 is 0 Å². The van der Waals surface area contributed by atoms with Crippen LogP contribution in [0.5, 0.6) is 0 Å². The third kappa shape index (κ3) is 3.67. The molecule has 4 heteroatoms. The summed E-state index contributed by atoms with van der Waals surface area (Å²) in [6, 6.07) is 1.91. The Hall–Kier alpha value is -1.16. The van der Waals surface area contributed by atoms with Gasteiger partial charge in [0.1, 0.15) is 5.69 Å². The molecule has 0 aliphatic carbocycles. The number of methoxy groups -OCH3 is 1. The predicted octanol–water partition coefficient (Wildman–Crippen LogP) is 2.85. The standard InChI is InChI=1S/C14H24N2O2/c1-6-11-10-12(16(7-2)15-11)13(17)8-9-14(3,4)18-5/h10H,6-9H2,1-5H3. The van der Waals surface area contributed by atoms with E-state index in [-0.39, 0.29) is 11.4 Å². The molecule has 18 heavy (non-hydrogen) atoms. The Bertz CT molecular complexity index is 408. The normalized spacial score (nSPS) is 11.8. The van der Waals surface area contributed by atoms with E-state index in [0.29, 0.717) is 6.42 Å². The molecule has 0 aromatic carbocycles. The molecule has 0 atom stereocenters. The summed E-state index contributed by atoms with van der Waals surface area (Å²) >= 11 is 0. The fourth-order valence-corrected chi connectivity index (χ4v) is 1.75. The van der Waals surface area contributed by atoms with Crippen molar-refractivity contribution in [2.75, 3.05) is 7.11 Å². The molecule has 0 radical (unpaired) electrons. The molecule has 102 valence electrons. The van der Waals surface area contributed by atoms with Gasteiger partial charge in [0.05, 0.1) is 11.3 Å². The summed E-state index contributed by atoms with van der Waals surface area (Å²) < 4.78 is 7.12. The summed E-state index contributed by atoms with van der Waals surface area (Å²) in [5.74, 6) is 0.147. The van der Waals surface area contributed by atoms with E-state index in [4.69, 9.17) is 4.74 Å². The smallest absolute Gasteiger partial charge is 0.180 e. The van der Waals surface area contributed by atoms with E-state index in [1.165, 1.54) is 0 Å². The highest BCUT2D eigenvalue weighted by Crippen LogP contribution is 2.18. The molecule has 0 saturated carbocycles. The van der Waals surface area contributed by atoms with Crippen LogP contribution in [0.2, 0.25) is 0 Å². The van der Waals surface area contributed by atoms with Crippen LogP contribution in [0.25, 0.3) is 0 Å². The molecule has 1 aromatic rings. The molecule has 0 amide bonds. The van der Waals surface area contributed by atoms with Gasteiger partial charge in [0.15, 0.2) is 5.78 Å². The fourth-order valence-electron chi connectivity index (χ4n) is 1.75.